The summed E-state index contributed by atoms with van der Waals surface area (Å²) in [6.45, 7) is 2.00. The SMILES string of the molecule is CCc1ccccc1NC(=O)/C(C#N)=C/c1cc(Br)c(Cc2ccccc2F)c(OC)c1. The lowest BCUT2D eigenvalue weighted by Gasteiger charge is -2.13. The van der Waals surface area contributed by atoms with E-state index < -0.39 is 5.91 Å². The zero-order valence-electron chi connectivity index (χ0n) is 17.8. The largest absolute Gasteiger partial charge is 0.496 e. The third-order valence-electron chi connectivity index (χ3n) is 5.04. The summed E-state index contributed by atoms with van der Waals surface area (Å²) in [5, 5.41) is 12.4. The van der Waals surface area contributed by atoms with Gasteiger partial charge >= 0.3 is 0 Å². The first kappa shape index (κ1) is 23.2. The molecule has 0 spiro atoms. The number of nitrogens with zero attached hydrogens (tertiary/aromatic N) is 1. The standard InChI is InChI=1S/C26H22BrFN2O2/c1-3-18-8-5-7-11-24(18)30-26(31)20(16-29)12-17-13-22(27)21(25(14-17)32-2)15-19-9-4-6-10-23(19)28/h4-14H,3,15H2,1-2H3,(H,30,31)/b20-12+. The lowest BCUT2D eigenvalue weighted by molar-refractivity contribution is -0.112. The zero-order valence-corrected chi connectivity index (χ0v) is 19.4. The maximum absolute atomic E-state index is 14.1. The molecule has 0 saturated heterocycles. The molecular weight excluding hydrogens is 471 g/mol. The second-order valence-corrected chi connectivity index (χ2v) is 7.94. The van der Waals surface area contributed by atoms with Crippen LogP contribution in [0.1, 0.15) is 29.2 Å². The van der Waals surface area contributed by atoms with E-state index in [0.29, 0.717) is 33.5 Å². The van der Waals surface area contributed by atoms with E-state index in [0.717, 1.165) is 17.5 Å². The number of carbonyl (C=O) groups excluding carboxylic acids is 1. The van der Waals surface area contributed by atoms with Crippen molar-refractivity contribution in [2.45, 2.75) is 19.8 Å². The molecule has 1 N–H and O–H groups in total. The van der Waals surface area contributed by atoms with Crippen molar-refractivity contribution in [3.8, 4) is 11.8 Å². The molecule has 4 nitrogen and oxygen atoms in total. The number of anilines is 1. The number of hydrogen-bond acceptors (Lipinski definition) is 3. The zero-order chi connectivity index (χ0) is 23.1. The van der Waals surface area contributed by atoms with E-state index in [4.69, 9.17) is 4.74 Å². The molecule has 3 aromatic rings. The highest BCUT2D eigenvalue weighted by Crippen LogP contribution is 2.32. The lowest BCUT2D eigenvalue weighted by atomic mass is 10.0. The number of benzene rings is 3. The molecule has 0 bridgehead atoms. The number of aryl methyl sites for hydroxylation is 1. The first-order valence-electron chi connectivity index (χ1n) is 10.1. The van der Waals surface area contributed by atoms with Gasteiger partial charge in [0, 0.05) is 22.1 Å². The minimum absolute atomic E-state index is 0.0355. The summed E-state index contributed by atoms with van der Waals surface area (Å²) >= 11 is 3.53. The molecule has 162 valence electrons. The van der Waals surface area contributed by atoms with E-state index in [2.05, 4.69) is 21.2 Å². The predicted molar refractivity (Wildman–Crippen MR) is 128 cm³/mol. The second kappa shape index (κ2) is 10.7. The van der Waals surface area contributed by atoms with Gasteiger partial charge in [-0.2, -0.15) is 5.26 Å². The average Bonchev–Trinajstić information content (AvgIpc) is 2.80. The van der Waals surface area contributed by atoms with Gasteiger partial charge in [0.25, 0.3) is 5.91 Å². The Morgan fingerprint density at radius 1 is 1.16 bits per heavy atom. The van der Waals surface area contributed by atoms with Crippen LogP contribution in [0.4, 0.5) is 10.1 Å². The quantitative estimate of drug-likeness (QED) is 0.311. The molecule has 0 radical (unpaired) electrons. The molecule has 1 amide bonds. The molecule has 0 fully saturated rings. The minimum Gasteiger partial charge on any atom is -0.496 e. The van der Waals surface area contributed by atoms with Crippen LogP contribution in [0, 0.1) is 17.1 Å². The molecule has 6 heteroatoms. The fraction of sp³-hybridized carbons (Fsp3) is 0.154. The maximum Gasteiger partial charge on any atom is 0.266 e. The van der Waals surface area contributed by atoms with E-state index in [1.807, 2.05) is 37.3 Å². The van der Waals surface area contributed by atoms with Crippen molar-refractivity contribution in [1.82, 2.24) is 0 Å². The van der Waals surface area contributed by atoms with Crippen LogP contribution in [0.25, 0.3) is 6.08 Å². The number of para-hydroxylation sites is 1. The van der Waals surface area contributed by atoms with Crippen molar-refractivity contribution in [1.29, 1.82) is 5.26 Å². The third kappa shape index (κ3) is 5.43. The highest BCUT2D eigenvalue weighted by molar-refractivity contribution is 9.10. The van der Waals surface area contributed by atoms with Crippen molar-refractivity contribution >= 4 is 33.6 Å². The van der Waals surface area contributed by atoms with Gasteiger partial charge in [0.1, 0.15) is 23.2 Å². The summed E-state index contributed by atoms with van der Waals surface area (Å²) in [6, 6.07) is 19.5. The molecule has 3 aromatic carbocycles. The van der Waals surface area contributed by atoms with Crippen LogP contribution in [-0.2, 0) is 17.6 Å². The van der Waals surface area contributed by atoms with E-state index >= 15 is 0 Å². The molecule has 32 heavy (non-hydrogen) atoms. The molecule has 0 atom stereocenters. The van der Waals surface area contributed by atoms with Gasteiger partial charge in [-0.1, -0.05) is 59.3 Å². The fourth-order valence-corrected chi connectivity index (χ4v) is 3.96. The van der Waals surface area contributed by atoms with Crippen LogP contribution in [0.15, 0.2) is 70.7 Å². The molecule has 0 saturated carbocycles. The molecule has 0 aliphatic heterocycles. The van der Waals surface area contributed by atoms with Gasteiger partial charge in [0.2, 0.25) is 0 Å². The number of methoxy groups -OCH3 is 1. The van der Waals surface area contributed by atoms with Crippen molar-refractivity contribution in [2.24, 2.45) is 0 Å². The summed E-state index contributed by atoms with van der Waals surface area (Å²) in [5.41, 5.74) is 3.56. The number of hydrogen-bond donors (Lipinski definition) is 1. The topological polar surface area (TPSA) is 62.1 Å². The van der Waals surface area contributed by atoms with Crippen LogP contribution >= 0.6 is 15.9 Å². The second-order valence-electron chi connectivity index (χ2n) is 7.09. The van der Waals surface area contributed by atoms with Gasteiger partial charge < -0.3 is 10.1 Å². The van der Waals surface area contributed by atoms with Crippen LogP contribution in [0.2, 0.25) is 0 Å². The Bertz CT molecular complexity index is 1210. The van der Waals surface area contributed by atoms with Crippen molar-refractivity contribution in [3.05, 3.63) is 98.8 Å². The lowest BCUT2D eigenvalue weighted by Crippen LogP contribution is -2.14. The maximum atomic E-state index is 14.1. The smallest absolute Gasteiger partial charge is 0.266 e. The first-order chi connectivity index (χ1) is 15.5. The van der Waals surface area contributed by atoms with Gasteiger partial charge in [0.15, 0.2) is 0 Å². The summed E-state index contributed by atoms with van der Waals surface area (Å²) in [7, 11) is 1.53. The average molecular weight is 493 g/mol. The van der Waals surface area contributed by atoms with Crippen molar-refractivity contribution in [3.63, 3.8) is 0 Å². The Morgan fingerprint density at radius 2 is 1.84 bits per heavy atom. The Kier molecular flexibility index (Phi) is 7.80. The van der Waals surface area contributed by atoms with E-state index in [-0.39, 0.29) is 11.4 Å². The fourth-order valence-electron chi connectivity index (χ4n) is 3.36. The summed E-state index contributed by atoms with van der Waals surface area (Å²) in [5.74, 6) is -0.247. The predicted octanol–water partition coefficient (Wildman–Crippen LogP) is 6.30. The number of ether oxygens (including phenoxy) is 1. The van der Waals surface area contributed by atoms with Crippen LogP contribution in [0.5, 0.6) is 5.75 Å². The highest BCUT2D eigenvalue weighted by Gasteiger charge is 2.15. The summed E-state index contributed by atoms with van der Waals surface area (Å²) in [4.78, 5) is 12.7. The molecule has 3 rings (SSSR count). The van der Waals surface area contributed by atoms with Gasteiger partial charge in [-0.3, -0.25) is 4.79 Å². The van der Waals surface area contributed by atoms with Gasteiger partial charge in [-0.15, -0.1) is 0 Å². The molecule has 0 aromatic heterocycles. The van der Waals surface area contributed by atoms with Gasteiger partial charge in [-0.25, -0.2) is 4.39 Å². The van der Waals surface area contributed by atoms with Crippen molar-refractivity contribution in [2.75, 3.05) is 12.4 Å². The minimum atomic E-state index is -0.487. The Balaban J connectivity index is 1.91. The Morgan fingerprint density at radius 3 is 2.50 bits per heavy atom. The number of nitrogens with one attached hydrogen (secondary N) is 1. The first-order valence-corrected chi connectivity index (χ1v) is 10.9. The Hall–Kier alpha value is -3.43. The van der Waals surface area contributed by atoms with Crippen molar-refractivity contribution < 1.29 is 13.9 Å². The van der Waals surface area contributed by atoms with Crippen LogP contribution in [-0.4, -0.2) is 13.0 Å². The van der Waals surface area contributed by atoms with Gasteiger partial charge in [0.05, 0.1) is 7.11 Å². The van der Waals surface area contributed by atoms with E-state index in [9.17, 15) is 14.4 Å². The van der Waals surface area contributed by atoms with Crippen LogP contribution in [0.3, 0.4) is 0 Å². The molecule has 0 heterocycles. The number of halogens is 2. The monoisotopic (exact) mass is 492 g/mol. The third-order valence-corrected chi connectivity index (χ3v) is 5.75. The number of carbonyl (C=O) groups is 1. The summed E-state index contributed by atoms with van der Waals surface area (Å²) < 4.78 is 20.3. The number of nitriles is 1. The summed E-state index contributed by atoms with van der Waals surface area (Å²) in [6.07, 6.45) is 2.60. The molecular formula is C26H22BrFN2O2. The number of amides is 1. The number of rotatable bonds is 7. The Labute approximate surface area is 195 Å². The molecule has 0 aliphatic rings. The molecule has 0 unspecified atom stereocenters. The van der Waals surface area contributed by atoms with Gasteiger partial charge in [-0.05, 0) is 53.5 Å². The normalized spacial score (nSPS) is 11.0. The van der Waals surface area contributed by atoms with Crippen LogP contribution < -0.4 is 10.1 Å². The highest BCUT2D eigenvalue weighted by atomic mass is 79.9. The van der Waals surface area contributed by atoms with E-state index in [1.165, 1.54) is 19.3 Å². The van der Waals surface area contributed by atoms with E-state index in [1.54, 1.807) is 30.3 Å². The molecule has 0 aliphatic carbocycles.